The van der Waals surface area contributed by atoms with Crippen molar-refractivity contribution < 1.29 is 9.53 Å². The van der Waals surface area contributed by atoms with E-state index in [9.17, 15) is 4.79 Å². The van der Waals surface area contributed by atoms with Crippen molar-refractivity contribution in [3.63, 3.8) is 0 Å². The predicted octanol–water partition coefficient (Wildman–Crippen LogP) is 4.19. The number of hydrogen-bond acceptors (Lipinski definition) is 2. The summed E-state index contributed by atoms with van der Waals surface area (Å²) in [5.41, 5.74) is 1.38. The molecule has 0 aliphatic heterocycles. The first kappa shape index (κ1) is 12.5. The number of carbonyl (C=O) groups is 1. The molecule has 2 aromatic carbocycles. The molecule has 0 aliphatic carbocycles. The van der Waals surface area contributed by atoms with Gasteiger partial charge < -0.3 is 4.74 Å². The third kappa shape index (κ3) is 2.63. The van der Waals surface area contributed by atoms with Crippen molar-refractivity contribution in [2.45, 2.75) is 0 Å². The van der Waals surface area contributed by atoms with Crippen LogP contribution in [0.15, 0.2) is 54.6 Å². The van der Waals surface area contributed by atoms with Crippen molar-refractivity contribution in [1.82, 2.24) is 0 Å². The minimum atomic E-state index is -0.561. The summed E-state index contributed by atoms with van der Waals surface area (Å²) < 4.78 is 5.14. The summed E-state index contributed by atoms with van der Waals surface area (Å²) in [4.78, 5) is 13.0. The van der Waals surface area contributed by atoms with Gasteiger partial charge in [0.15, 0.2) is 0 Å². The maximum absolute atomic E-state index is 11.6. The Hall–Kier alpha value is -2.00. The van der Waals surface area contributed by atoms with E-state index in [0.717, 1.165) is 0 Å². The van der Waals surface area contributed by atoms with E-state index >= 15 is 0 Å². The lowest BCUT2D eigenvalue weighted by Crippen LogP contribution is -2.19. The van der Waals surface area contributed by atoms with Crippen LogP contribution >= 0.6 is 11.6 Å². The van der Waals surface area contributed by atoms with Gasteiger partial charge in [-0.25, -0.2) is 0 Å². The average molecular weight is 262 g/mol. The number of amides is 1. The molecule has 3 nitrogen and oxygen atoms in total. The van der Waals surface area contributed by atoms with Gasteiger partial charge in [0.05, 0.1) is 18.5 Å². The Morgan fingerprint density at radius 3 is 2.33 bits per heavy atom. The maximum Gasteiger partial charge on any atom is 0.325 e. The second-order valence-electron chi connectivity index (χ2n) is 3.63. The number of ether oxygens (including phenoxy) is 1. The Labute approximate surface area is 111 Å². The molecular formula is C14H12ClNO2. The zero-order valence-electron chi connectivity index (χ0n) is 9.84. The quantitative estimate of drug-likeness (QED) is 0.612. The fourth-order valence-electron chi connectivity index (χ4n) is 1.68. The summed E-state index contributed by atoms with van der Waals surface area (Å²) in [5.74, 6) is 0.673. The molecular weight excluding hydrogens is 250 g/mol. The largest absolute Gasteiger partial charge is 0.497 e. The van der Waals surface area contributed by atoms with Crippen LogP contribution in [0.25, 0.3) is 0 Å². The van der Waals surface area contributed by atoms with Crippen LogP contribution in [-0.4, -0.2) is 12.5 Å². The topological polar surface area (TPSA) is 29.5 Å². The minimum Gasteiger partial charge on any atom is -0.497 e. The van der Waals surface area contributed by atoms with Crippen molar-refractivity contribution in [1.29, 1.82) is 0 Å². The zero-order valence-corrected chi connectivity index (χ0v) is 10.6. The molecule has 0 aliphatic rings. The van der Waals surface area contributed by atoms with Gasteiger partial charge in [0.1, 0.15) is 5.75 Å². The lowest BCUT2D eigenvalue weighted by Gasteiger charge is -2.20. The summed E-state index contributed by atoms with van der Waals surface area (Å²) in [6, 6.07) is 16.4. The number of rotatable bonds is 3. The van der Waals surface area contributed by atoms with Crippen molar-refractivity contribution >= 4 is 28.3 Å². The van der Waals surface area contributed by atoms with Gasteiger partial charge in [0.2, 0.25) is 0 Å². The third-order valence-corrected chi connectivity index (χ3v) is 2.67. The molecule has 18 heavy (non-hydrogen) atoms. The maximum atomic E-state index is 11.6. The van der Waals surface area contributed by atoms with Gasteiger partial charge in [0.25, 0.3) is 0 Å². The molecule has 0 saturated heterocycles. The van der Waals surface area contributed by atoms with E-state index in [4.69, 9.17) is 16.3 Å². The highest BCUT2D eigenvalue weighted by molar-refractivity contribution is 6.66. The fraction of sp³-hybridized carbons (Fsp3) is 0.0714. The van der Waals surface area contributed by atoms with Gasteiger partial charge in [-0.2, -0.15) is 0 Å². The monoisotopic (exact) mass is 261 g/mol. The highest BCUT2D eigenvalue weighted by Crippen LogP contribution is 2.29. The van der Waals surface area contributed by atoms with Crippen LogP contribution in [0.2, 0.25) is 0 Å². The molecule has 0 aromatic heterocycles. The number of methoxy groups -OCH3 is 1. The summed E-state index contributed by atoms with van der Waals surface area (Å²) in [6.45, 7) is 0. The molecule has 0 saturated carbocycles. The molecule has 0 unspecified atom stereocenters. The molecule has 0 fully saturated rings. The number of anilines is 2. The van der Waals surface area contributed by atoms with Crippen LogP contribution in [0.4, 0.5) is 16.2 Å². The molecule has 2 rings (SSSR count). The summed E-state index contributed by atoms with van der Waals surface area (Å²) in [6.07, 6.45) is 0. The fourth-order valence-corrected chi connectivity index (χ4v) is 1.87. The summed E-state index contributed by atoms with van der Waals surface area (Å²) in [7, 11) is 1.58. The molecule has 0 spiro atoms. The smallest absolute Gasteiger partial charge is 0.325 e. The molecule has 92 valence electrons. The normalized spacial score (nSPS) is 9.89. The van der Waals surface area contributed by atoms with E-state index in [2.05, 4.69) is 0 Å². The summed E-state index contributed by atoms with van der Waals surface area (Å²) in [5, 5.41) is -0.561. The van der Waals surface area contributed by atoms with Crippen molar-refractivity contribution in [2.75, 3.05) is 12.0 Å². The molecule has 0 radical (unpaired) electrons. The lowest BCUT2D eigenvalue weighted by atomic mass is 10.2. The number of hydrogen-bond donors (Lipinski definition) is 0. The number of nitrogens with zero attached hydrogens (tertiary/aromatic N) is 1. The number of carbonyl (C=O) groups excluding carboxylic acids is 1. The SMILES string of the molecule is COc1cccc(N(C(=O)Cl)c2ccccc2)c1. The van der Waals surface area contributed by atoms with E-state index in [0.29, 0.717) is 17.1 Å². The second-order valence-corrected chi connectivity index (χ2v) is 3.95. The number of para-hydroxylation sites is 1. The Kier molecular flexibility index (Phi) is 3.85. The number of halogens is 1. The highest BCUT2D eigenvalue weighted by atomic mass is 35.5. The molecule has 2 aromatic rings. The third-order valence-electron chi connectivity index (χ3n) is 2.50. The predicted molar refractivity (Wildman–Crippen MR) is 72.8 cm³/mol. The Bertz CT molecular complexity index is 543. The van der Waals surface area contributed by atoms with E-state index < -0.39 is 5.37 Å². The van der Waals surface area contributed by atoms with E-state index in [-0.39, 0.29) is 0 Å². The molecule has 0 bridgehead atoms. The van der Waals surface area contributed by atoms with Crippen LogP contribution in [-0.2, 0) is 0 Å². The second kappa shape index (κ2) is 5.56. The first-order valence-corrected chi connectivity index (χ1v) is 5.79. The average Bonchev–Trinajstić information content (AvgIpc) is 2.40. The highest BCUT2D eigenvalue weighted by Gasteiger charge is 2.15. The van der Waals surface area contributed by atoms with Crippen LogP contribution in [0.1, 0.15) is 0 Å². The van der Waals surface area contributed by atoms with Crippen LogP contribution < -0.4 is 9.64 Å². The van der Waals surface area contributed by atoms with Crippen molar-refractivity contribution in [3.05, 3.63) is 54.6 Å². The molecule has 0 N–H and O–H groups in total. The Morgan fingerprint density at radius 1 is 1.06 bits per heavy atom. The van der Waals surface area contributed by atoms with Crippen LogP contribution in [0.3, 0.4) is 0 Å². The van der Waals surface area contributed by atoms with Crippen molar-refractivity contribution in [2.24, 2.45) is 0 Å². The standard InChI is InChI=1S/C14H12ClNO2/c1-18-13-9-5-8-12(10-13)16(14(15)17)11-6-3-2-4-7-11/h2-10H,1H3. The van der Waals surface area contributed by atoms with Crippen molar-refractivity contribution in [3.8, 4) is 5.75 Å². The minimum absolute atomic E-state index is 0.561. The van der Waals surface area contributed by atoms with Gasteiger partial charge in [-0.05, 0) is 35.9 Å². The first-order chi connectivity index (χ1) is 8.72. The zero-order chi connectivity index (χ0) is 13.0. The Morgan fingerprint density at radius 2 is 1.72 bits per heavy atom. The van der Waals surface area contributed by atoms with Gasteiger partial charge >= 0.3 is 5.37 Å². The van der Waals surface area contributed by atoms with Gasteiger partial charge in [0, 0.05) is 6.07 Å². The molecule has 0 atom stereocenters. The summed E-state index contributed by atoms with van der Waals surface area (Å²) >= 11 is 5.65. The Balaban J connectivity index is 2.45. The van der Waals surface area contributed by atoms with E-state index in [1.807, 2.05) is 42.5 Å². The van der Waals surface area contributed by atoms with E-state index in [1.54, 1.807) is 19.2 Å². The van der Waals surface area contributed by atoms with Crippen LogP contribution in [0.5, 0.6) is 5.75 Å². The van der Waals surface area contributed by atoms with Gasteiger partial charge in [-0.1, -0.05) is 24.3 Å². The molecule has 0 heterocycles. The molecule has 4 heteroatoms. The number of benzene rings is 2. The van der Waals surface area contributed by atoms with Gasteiger partial charge in [-0.15, -0.1) is 0 Å². The van der Waals surface area contributed by atoms with Crippen LogP contribution in [0, 0.1) is 0 Å². The first-order valence-electron chi connectivity index (χ1n) is 5.41. The lowest BCUT2D eigenvalue weighted by molar-refractivity contribution is 0.266. The van der Waals surface area contributed by atoms with E-state index in [1.165, 1.54) is 4.90 Å². The molecule has 1 amide bonds. The van der Waals surface area contributed by atoms with Gasteiger partial charge in [-0.3, -0.25) is 9.69 Å².